The maximum absolute atomic E-state index is 12.9. The van der Waals surface area contributed by atoms with Gasteiger partial charge in [-0.3, -0.25) is 19.2 Å². The normalized spacial score (nSPS) is 22.0. The summed E-state index contributed by atoms with van der Waals surface area (Å²) in [5, 5.41) is 9.07. The van der Waals surface area contributed by atoms with Gasteiger partial charge in [-0.05, 0) is 17.9 Å². The summed E-state index contributed by atoms with van der Waals surface area (Å²) in [5.74, 6) is -0.352. The van der Waals surface area contributed by atoms with Crippen LogP contribution >= 0.6 is 11.8 Å². The molecule has 1 atom stereocenters. The van der Waals surface area contributed by atoms with Crippen molar-refractivity contribution in [3.8, 4) is 0 Å². The number of amides is 1. The van der Waals surface area contributed by atoms with Gasteiger partial charge >= 0.3 is 5.97 Å². The Morgan fingerprint density at radius 1 is 1.35 bits per heavy atom. The molecule has 140 valence electrons. The second-order valence-electron chi connectivity index (χ2n) is 7.67. The molecule has 2 N–H and O–H groups in total. The molecule has 1 unspecified atom stereocenters. The highest BCUT2D eigenvalue weighted by Gasteiger charge is 2.35. The lowest BCUT2D eigenvalue weighted by molar-refractivity contribution is -0.138. The molecule has 2 aliphatic rings. The largest absolute Gasteiger partial charge is 0.481 e. The van der Waals surface area contributed by atoms with Gasteiger partial charge < -0.3 is 15.0 Å². The van der Waals surface area contributed by atoms with E-state index in [2.05, 4.69) is 4.98 Å². The molecule has 1 aliphatic heterocycles. The van der Waals surface area contributed by atoms with Gasteiger partial charge in [0.05, 0.1) is 12.5 Å². The van der Waals surface area contributed by atoms with Crippen LogP contribution in [0.25, 0.3) is 0 Å². The van der Waals surface area contributed by atoms with Crippen molar-refractivity contribution in [2.45, 2.75) is 39.2 Å². The van der Waals surface area contributed by atoms with Crippen molar-refractivity contribution in [3.05, 3.63) is 33.2 Å². The maximum atomic E-state index is 12.9. The molecule has 26 heavy (non-hydrogen) atoms. The molecule has 3 rings (SSSR count). The number of carboxylic acid groups (broad SMARTS) is 1. The first kappa shape index (κ1) is 18.7. The molecule has 1 saturated heterocycles. The molecule has 0 aromatic carbocycles. The van der Waals surface area contributed by atoms with Crippen molar-refractivity contribution in [2.75, 3.05) is 18.1 Å². The van der Waals surface area contributed by atoms with E-state index in [1.807, 2.05) is 13.8 Å². The number of rotatable bonds is 3. The zero-order chi connectivity index (χ0) is 19.1. The van der Waals surface area contributed by atoms with Gasteiger partial charge in [0.2, 0.25) is 0 Å². The Balaban J connectivity index is 1.95. The molecule has 1 amide bonds. The van der Waals surface area contributed by atoms with Gasteiger partial charge in [-0.2, -0.15) is 11.8 Å². The first-order chi connectivity index (χ1) is 12.2. The Labute approximate surface area is 155 Å². The number of carbonyl (C=O) groups is 3. The summed E-state index contributed by atoms with van der Waals surface area (Å²) in [6, 6.07) is 0.942. The van der Waals surface area contributed by atoms with Gasteiger partial charge in [0.25, 0.3) is 11.5 Å². The molecule has 1 aromatic heterocycles. The highest BCUT2D eigenvalue weighted by Crippen LogP contribution is 2.33. The number of hydrogen-bond donors (Lipinski definition) is 2. The van der Waals surface area contributed by atoms with Crippen molar-refractivity contribution in [3.63, 3.8) is 0 Å². The number of Topliss-reactive ketones (excluding diaryl/α,β-unsaturated/α-hetero) is 1. The van der Waals surface area contributed by atoms with Gasteiger partial charge in [0.15, 0.2) is 5.78 Å². The van der Waals surface area contributed by atoms with Crippen LogP contribution in [0.1, 0.15) is 53.1 Å². The summed E-state index contributed by atoms with van der Waals surface area (Å²) in [5.41, 5.74) is 0.137. The number of carboxylic acids is 1. The highest BCUT2D eigenvalue weighted by molar-refractivity contribution is 7.99. The Morgan fingerprint density at radius 2 is 2.08 bits per heavy atom. The Kier molecular flexibility index (Phi) is 4.96. The molecule has 2 heterocycles. The molecule has 1 fully saturated rings. The van der Waals surface area contributed by atoms with E-state index in [9.17, 15) is 19.2 Å². The Bertz CT molecular complexity index is 829. The van der Waals surface area contributed by atoms with Crippen LogP contribution in [-0.2, 0) is 11.2 Å². The minimum absolute atomic E-state index is 0.0842. The van der Waals surface area contributed by atoms with Crippen LogP contribution in [0.3, 0.4) is 0 Å². The summed E-state index contributed by atoms with van der Waals surface area (Å²) >= 11 is 1.59. The zero-order valence-corrected chi connectivity index (χ0v) is 15.6. The van der Waals surface area contributed by atoms with Crippen LogP contribution in [-0.4, -0.2) is 56.7 Å². The fourth-order valence-electron chi connectivity index (χ4n) is 3.63. The van der Waals surface area contributed by atoms with Crippen LogP contribution in [0, 0.1) is 5.41 Å². The van der Waals surface area contributed by atoms with Gasteiger partial charge in [0.1, 0.15) is 5.56 Å². The average molecular weight is 378 g/mol. The minimum atomic E-state index is -0.980. The predicted molar refractivity (Wildman–Crippen MR) is 97.9 cm³/mol. The summed E-state index contributed by atoms with van der Waals surface area (Å²) in [6.45, 7) is 4.32. The molecule has 0 spiro atoms. The molecule has 1 aromatic rings. The van der Waals surface area contributed by atoms with Crippen LogP contribution in [0.15, 0.2) is 10.9 Å². The van der Waals surface area contributed by atoms with E-state index in [4.69, 9.17) is 5.11 Å². The monoisotopic (exact) mass is 378 g/mol. The number of H-pyrrole nitrogens is 1. The third-order valence-corrected chi connectivity index (χ3v) is 5.94. The van der Waals surface area contributed by atoms with Crippen LogP contribution in [0.4, 0.5) is 0 Å². The number of aromatic nitrogens is 1. The van der Waals surface area contributed by atoms with Crippen molar-refractivity contribution in [2.24, 2.45) is 5.41 Å². The molecular weight excluding hydrogens is 356 g/mol. The number of pyridine rings is 1. The van der Waals surface area contributed by atoms with E-state index in [1.54, 1.807) is 11.8 Å². The number of nitrogens with zero attached hydrogens (tertiary/aromatic N) is 1. The molecule has 0 bridgehead atoms. The summed E-state index contributed by atoms with van der Waals surface area (Å²) < 4.78 is 0. The van der Waals surface area contributed by atoms with Crippen LogP contribution < -0.4 is 5.56 Å². The summed E-state index contributed by atoms with van der Waals surface area (Å²) in [4.78, 5) is 53.1. The van der Waals surface area contributed by atoms with Crippen molar-refractivity contribution in [1.82, 2.24) is 9.88 Å². The lowest BCUT2D eigenvalue weighted by Gasteiger charge is -2.35. The van der Waals surface area contributed by atoms with E-state index >= 15 is 0 Å². The van der Waals surface area contributed by atoms with Crippen LogP contribution in [0.2, 0.25) is 0 Å². The van der Waals surface area contributed by atoms with Gasteiger partial charge in [0, 0.05) is 35.7 Å². The second kappa shape index (κ2) is 6.90. The van der Waals surface area contributed by atoms with Gasteiger partial charge in [-0.15, -0.1) is 0 Å². The number of hydrogen-bond acceptors (Lipinski definition) is 5. The second-order valence-corrected chi connectivity index (χ2v) is 8.82. The van der Waals surface area contributed by atoms with E-state index in [0.29, 0.717) is 42.1 Å². The number of nitrogens with one attached hydrogen (secondary N) is 1. The number of carbonyl (C=O) groups excluding carboxylic acids is 2. The first-order valence-corrected chi connectivity index (χ1v) is 9.73. The molecule has 0 saturated carbocycles. The molecule has 1 aliphatic carbocycles. The molecular formula is C18H22N2O5S. The maximum Gasteiger partial charge on any atom is 0.305 e. The van der Waals surface area contributed by atoms with Gasteiger partial charge in [-0.25, -0.2) is 0 Å². The summed E-state index contributed by atoms with van der Waals surface area (Å²) in [6.07, 6.45) is 0.774. The standard InChI is InChI=1S/C18H22N2O5S/c1-18(2)7-13-11(14(21)8-18)6-12(16(24)19-13)17(25)20-3-4-26-9-10(20)5-15(22)23/h6,10H,3-5,7-9H2,1-2H3,(H,19,24)(H,22,23). The number of thioether (sulfide) groups is 1. The van der Waals surface area contributed by atoms with Gasteiger partial charge in [-0.1, -0.05) is 13.8 Å². The fraction of sp³-hybridized carbons (Fsp3) is 0.556. The average Bonchev–Trinajstić information content (AvgIpc) is 2.52. The molecule has 8 heteroatoms. The SMILES string of the molecule is CC1(C)CC(=O)c2cc(C(=O)N3CCSCC3CC(=O)O)c(=O)[nH]c2C1. The quantitative estimate of drug-likeness (QED) is 0.826. The van der Waals surface area contributed by atoms with E-state index in [1.165, 1.54) is 11.0 Å². The first-order valence-electron chi connectivity index (χ1n) is 8.58. The van der Waals surface area contributed by atoms with E-state index in [-0.39, 0.29) is 23.2 Å². The number of ketones is 1. The number of fused-ring (bicyclic) bond motifs is 1. The fourth-order valence-corrected chi connectivity index (χ4v) is 4.70. The number of aliphatic carboxylic acids is 1. The van der Waals surface area contributed by atoms with Crippen molar-refractivity contribution >= 4 is 29.4 Å². The summed E-state index contributed by atoms with van der Waals surface area (Å²) in [7, 11) is 0. The third-order valence-electron chi connectivity index (χ3n) is 4.85. The molecule has 7 nitrogen and oxygen atoms in total. The predicted octanol–water partition coefficient (Wildman–Crippen LogP) is 1.56. The third kappa shape index (κ3) is 3.70. The van der Waals surface area contributed by atoms with Crippen LogP contribution in [0.5, 0.6) is 0 Å². The lowest BCUT2D eigenvalue weighted by atomic mass is 9.75. The van der Waals surface area contributed by atoms with E-state index < -0.39 is 23.5 Å². The zero-order valence-electron chi connectivity index (χ0n) is 14.8. The van der Waals surface area contributed by atoms with E-state index in [0.717, 1.165) is 0 Å². The van der Waals surface area contributed by atoms with Crippen molar-refractivity contribution < 1.29 is 19.5 Å². The lowest BCUT2D eigenvalue weighted by Crippen LogP contribution is -2.48. The highest BCUT2D eigenvalue weighted by atomic mass is 32.2. The number of aromatic amines is 1. The van der Waals surface area contributed by atoms with Crippen molar-refractivity contribution in [1.29, 1.82) is 0 Å². The smallest absolute Gasteiger partial charge is 0.305 e. The topological polar surface area (TPSA) is 108 Å². The Morgan fingerprint density at radius 3 is 2.77 bits per heavy atom. The minimum Gasteiger partial charge on any atom is -0.481 e. The Hall–Kier alpha value is -2.09. The molecule has 0 radical (unpaired) electrons.